The highest BCUT2D eigenvalue weighted by atomic mass is 16.2. The van der Waals surface area contributed by atoms with E-state index in [9.17, 15) is 9.59 Å². The van der Waals surface area contributed by atoms with Gasteiger partial charge < -0.3 is 9.80 Å². The van der Waals surface area contributed by atoms with Crippen molar-refractivity contribution in [2.75, 3.05) is 19.6 Å². The van der Waals surface area contributed by atoms with Crippen molar-refractivity contribution in [2.24, 2.45) is 5.41 Å². The Hall–Kier alpha value is -1.57. The highest BCUT2D eigenvalue weighted by Crippen LogP contribution is 2.22. The van der Waals surface area contributed by atoms with Gasteiger partial charge in [0.25, 0.3) is 0 Å². The molecule has 0 aromatic carbocycles. The van der Waals surface area contributed by atoms with Gasteiger partial charge in [0.05, 0.1) is 11.5 Å². The van der Waals surface area contributed by atoms with Crippen molar-refractivity contribution in [3.05, 3.63) is 0 Å². The largest absolute Gasteiger partial charge is 0.333 e. The van der Waals surface area contributed by atoms with Crippen molar-refractivity contribution in [1.82, 2.24) is 9.80 Å². The van der Waals surface area contributed by atoms with Crippen molar-refractivity contribution in [3.63, 3.8) is 0 Å². The summed E-state index contributed by atoms with van der Waals surface area (Å²) in [7, 11) is 0. The molecule has 5 nitrogen and oxygen atoms in total. The van der Waals surface area contributed by atoms with Gasteiger partial charge in [-0.1, -0.05) is 6.42 Å². The molecular weight excluding hydrogens is 254 g/mol. The summed E-state index contributed by atoms with van der Waals surface area (Å²) in [6.07, 6.45) is 2.55. The van der Waals surface area contributed by atoms with E-state index < -0.39 is 0 Å². The molecule has 1 heterocycles. The molecule has 1 aliphatic rings. The molecule has 2 amide bonds. The Labute approximate surface area is 121 Å². The molecule has 0 saturated carbocycles. The fourth-order valence-corrected chi connectivity index (χ4v) is 2.32. The molecule has 0 atom stereocenters. The van der Waals surface area contributed by atoms with Crippen LogP contribution in [0.2, 0.25) is 0 Å². The molecule has 1 aliphatic heterocycles. The predicted molar refractivity (Wildman–Crippen MR) is 76.7 cm³/mol. The summed E-state index contributed by atoms with van der Waals surface area (Å²) in [5.41, 5.74) is -0.309. The number of amides is 2. The molecule has 0 aromatic rings. The minimum atomic E-state index is -0.386. The van der Waals surface area contributed by atoms with Crippen LogP contribution in [-0.2, 0) is 9.59 Å². The van der Waals surface area contributed by atoms with Gasteiger partial charge >= 0.3 is 11.8 Å². The maximum atomic E-state index is 12.0. The minimum absolute atomic E-state index is 0.0741. The van der Waals surface area contributed by atoms with Gasteiger partial charge in [-0.2, -0.15) is 5.26 Å². The number of nitriles is 1. The molecule has 20 heavy (non-hydrogen) atoms. The first-order valence-electron chi connectivity index (χ1n) is 7.29. The van der Waals surface area contributed by atoms with Crippen LogP contribution in [0.3, 0.4) is 0 Å². The number of nitrogens with zero attached hydrogens (tertiary/aromatic N) is 3. The van der Waals surface area contributed by atoms with Gasteiger partial charge in [0.1, 0.15) is 0 Å². The number of hydrogen-bond donors (Lipinski definition) is 0. The molecule has 0 aromatic heterocycles. The maximum Gasteiger partial charge on any atom is 0.312 e. The summed E-state index contributed by atoms with van der Waals surface area (Å²) in [5, 5.41) is 8.94. The summed E-state index contributed by atoms with van der Waals surface area (Å²) in [4.78, 5) is 27.1. The zero-order valence-corrected chi connectivity index (χ0v) is 13.0. The van der Waals surface area contributed by atoms with E-state index in [-0.39, 0.29) is 23.3 Å². The first-order valence-corrected chi connectivity index (χ1v) is 7.29. The van der Waals surface area contributed by atoms with Crippen LogP contribution in [0, 0.1) is 16.7 Å². The van der Waals surface area contributed by atoms with E-state index in [0.29, 0.717) is 19.6 Å². The molecule has 0 aliphatic carbocycles. The second-order valence-electron chi connectivity index (χ2n) is 6.34. The fourth-order valence-electron chi connectivity index (χ4n) is 2.32. The molecule has 5 heteroatoms. The molecule has 0 bridgehead atoms. The van der Waals surface area contributed by atoms with E-state index in [1.807, 2.05) is 27.7 Å². The van der Waals surface area contributed by atoms with Gasteiger partial charge in [0.2, 0.25) is 0 Å². The first kappa shape index (κ1) is 16.5. The third-order valence-electron chi connectivity index (χ3n) is 3.75. The number of hydrogen-bond acceptors (Lipinski definition) is 3. The van der Waals surface area contributed by atoms with Gasteiger partial charge in [-0.05, 0) is 40.5 Å². The lowest BCUT2D eigenvalue weighted by Gasteiger charge is -2.36. The van der Waals surface area contributed by atoms with E-state index >= 15 is 0 Å². The molecule has 0 radical (unpaired) electrons. The van der Waals surface area contributed by atoms with Crippen LogP contribution in [0.15, 0.2) is 0 Å². The lowest BCUT2D eigenvalue weighted by Crippen LogP contribution is -2.56. The number of rotatable bonds is 6. The second kappa shape index (κ2) is 6.74. The molecule has 0 N–H and O–H groups in total. The van der Waals surface area contributed by atoms with Crippen molar-refractivity contribution in [2.45, 2.75) is 53.0 Å². The van der Waals surface area contributed by atoms with Gasteiger partial charge in [-0.3, -0.25) is 9.59 Å². The van der Waals surface area contributed by atoms with Crippen LogP contribution in [-0.4, -0.2) is 47.3 Å². The lowest BCUT2D eigenvalue weighted by atomic mass is 9.89. The van der Waals surface area contributed by atoms with Crippen molar-refractivity contribution < 1.29 is 9.59 Å². The number of piperazine rings is 1. The molecule has 0 unspecified atom stereocenters. The van der Waals surface area contributed by atoms with Crippen molar-refractivity contribution in [3.8, 4) is 6.07 Å². The Morgan fingerprint density at radius 2 is 1.85 bits per heavy atom. The Balaban J connectivity index is 2.38. The highest BCUT2D eigenvalue weighted by molar-refractivity contribution is 6.35. The van der Waals surface area contributed by atoms with Crippen LogP contribution >= 0.6 is 0 Å². The van der Waals surface area contributed by atoms with Gasteiger partial charge in [-0.25, -0.2) is 0 Å². The van der Waals surface area contributed by atoms with Crippen LogP contribution < -0.4 is 0 Å². The van der Waals surface area contributed by atoms with Crippen molar-refractivity contribution in [1.29, 1.82) is 5.26 Å². The zero-order valence-electron chi connectivity index (χ0n) is 13.0. The van der Waals surface area contributed by atoms with E-state index in [4.69, 9.17) is 5.26 Å². The van der Waals surface area contributed by atoms with Gasteiger partial charge in [0, 0.05) is 25.7 Å². The Bertz CT molecular complexity index is 410. The first-order chi connectivity index (χ1) is 9.28. The molecule has 1 fully saturated rings. The Morgan fingerprint density at radius 1 is 1.20 bits per heavy atom. The summed E-state index contributed by atoms with van der Waals surface area (Å²) >= 11 is 0. The maximum absolute atomic E-state index is 12.0. The fraction of sp³-hybridized carbons (Fsp3) is 0.800. The van der Waals surface area contributed by atoms with Crippen LogP contribution in [0.25, 0.3) is 0 Å². The number of unbranched alkanes of at least 4 members (excludes halogenated alkanes) is 1. The average Bonchev–Trinajstić information content (AvgIpc) is 2.39. The monoisotopic (exact) mass is 279 g/mol. The third-order valence-corrected chi connectivity index (χ3v) is 3.75. The van der Waals surface area contributed by atoms with Crippen LogP contribution in [0.5, 0.6) is 0 Å². The van der Waals surface area contributed by atoms with Gasteiger partial charge in [-0.15, -0.1) is 0 Å². The Morgan fingerprint density at radius 3 is 2.40 bits per heavy atom. The predicted octanol–water partition coefficient (Wildman–Crippen LogP) is 1.79. The molecule has 0 spiro atoms. The minimum Gasteiger partial charge on any atom is -0.333 e. The molecular formula is C15H25N3O2. The van der Waals surface area contributed by atoms with Crippen molar-refractivity contribution >= 4 is 11.8 Å². The molecule has 1 rings (SSSR count). The Kier molecular flexibility index (Phi) is 5.55. The van der Waals surface area contributed by atoms with E-state index in [1.165, 1.54) is 0 Å². The summed E-state index contributed by atoms with van der Waals surface area (Å²) in [6, 6.07) is 2.35. The highest BCUT2D eigenvalue weighted by Gasteiger charge is 2.33. The van der Waals surface area contributed by atoms with Gasteiger partial charge in [0.15, 0.2) is 0 Å². The topological polar surface area (TPSA) is 64.4 Å². The zero-order chi connectivity index (χ0) is 15.3. The third kappa shape index (κ3) is 4.22. The standard InChI is InChI=1S/C15H25N3O2/c1-12(2)18-10-9-17(13(19)14(18)20)8-6-5-7-15(3,4)11-16/h12H,5-10H2,1-4H3. The van der Waals surface area contributed by atoms with E-state index in [2.05, 4.69) is 6.07 Å². The number of carbonyl (C=O) groups excluding carboxylic acids is 2. The van der Waals surface area contributed by atoms with E-state index in [0.717, 1.165) is 19.3 Å². The summed E-state index contributed by atoms with van der Waals surface area (Å²) < 4.78 is 0. The average molecular weight is 279 g/mol. The van der Waals surface area contributed by atoms with Crippen LogP contribution in [0.4, 0.5) is 0 Å². The van der Waals surface area contributed by atoms with Crippen LogP contribution in [0.1, 0.15) is 47.0 Å². The number of carbonyl (C=O) groups is 2. The second-order valence-corrected chi connectivity index (χ2v) is 6.34. The normalized spacial score (nSPS) is 16.8. The molecule has 1 saturated heterocycles. The smallest absolute Gasteiger partial charge is 0.312 e. The summed E-state index contributed by atoms with van der Waals surface area (Å²) in [6.45, 7) is 9.52. The van der Waals surface area contributed by atoms with E-state index in [1.54, 1.807) is 9.80 Å². The summed E-state index contributed by atoms with van der Waals surface area (Å²) in [5.74, 6) is -0.770. The quantitative estimate of drug-likeness (QED) is 0.550. The lowest BCUT2D eigenvalue weighted by molar-refractivity contribution is -0.157. The molecule has 112 valence electrons. The SMILES string of the molecule is CC(C)N1CCN(CCCCC(C)(C)C#N)C(=O)C1=O.